The van der Waals surface area contributed by atoms with Crippen molar-refractivity contribution in [1.29, 1.82) is 0 Å². The van der Waals surface area contributed by atoms with Gasteiger partial charge in [-0.15, -0.1) is 0 Å². The van der Waals surface area contributed by atoms with E-state index >= 15 is 0 Å². The van der Waals surface area contributed by atoms with Gasteiger partial charge in [-0.05, 0) is 12.0 Å². The van der Waals surface area contributed by atoms with Gasteiger partial charge in [0.05, 0.1) is 5.56 Å². The van der Waals surface area contributed by atoms with Crippen LogP contribution in [-0.2, 0) is 11.3 Å². The Morgan fingerprint density at radius 3 is 2.12 bits per heavy atom. The highest BCUT2D eigenvalue weighted by Gasteiger charge is 2.23. The first-order chi connectivity index (χ1) is 12.4. The van der Waals surface area contributed by atoms with Crippen molar-refractivity contribution < 1.29 is 31.5 Å². The molecule has 0 heterocycles. The van der Waals surface area contributed by atoms with Crippen LogP contribution in [0.2, 0.25) is 0 Å². The van der Waals surface area contributed by atoms with Crippen LogP contribution in [0.25, 0.3) is 6.08 Å². The summed E-state index contributed by atoms with van der Waals surface area (Å²) in [5.41, 5.74) is -0.234. The summed E-state index contributed by atoms with van der Waals surface area (Å²) in [5, 5.41) is 2.39. The van der Waals surface area contributed by atoms with Crippen molar-refractivity contribution in [3.63, 3.8) is 0 Å². The van der Waals surface area contributed by atoms with Crippen LogP contribution >= 0.6 is 0 Å². The monoisotopic (exact) mass is 371 g/mol. The van der Waals surface area contributed by atoms with E-state index in [2.05, 4.69) is 5.32 Å². The minimum absolute atomic E-state index is 0.0551. The van der Waals surface area contributed by atoms with Gasteiger partial charge in [0.15, 0.2) is 23.3 Å². The lowest BCUT2D eigenvalue weighted by molar-refractivity contribution is 0.140. The number of nitrogens with one attached hydrogen (secondary N) is 1. The smallest absolute Gasteiger partial charge is 0.407 e. The van der Waals surface area contributed by atoms with Crippen LogP contribution in [0.3, 0.4) is 0 Å². The van der Waals surface area contributed by atoms with Crippen molar-refractivity contribution >= 4 is 12.2 Å². The number of carbonyl (C=O) groups excluding carboxylic acids is 1. The molecule has 138 valence electrons. The van der Waals surface area contributed by atoms with Crippen molar-refractivity contribution in [3.8, 4) is 0 Å². The molecule has 0 aromatic heterocycles. The predicted molar refractivity (Wildman–Crippen MR) is 84.5 cm³/mol. The predicted octanol–water partition coefficient (Wildman–Crippen LogP) is 4.71. The Kier molecular flexibility index (Phi) is 6.71. The molecule has 0 aliphatic heterocycles. The maximum absolute atomic E-state index is 13.4. The first-order valence-electron chi connectivity index (χ1n) is 7.54. The number of hydrogen-bond acceptors (Lipinski definition) is 2. The van der Waals surface area contributed by atoms with Crippen LogP contribution in [0.1, 0.15) is 17.5 Å². The fourth-order valence-corrected chi connectivity index (χ4v) is 2.00. The first-order valence-corrected chi connectivity index (χ1v) is 7.54. The van der Waals surface area contributed by atoms with Gasteiger partial charge in [0.25, 0.3) is 0 Å². The van der Waals surface area contributed by atoms with E-state index in [0.717, 1.165) is 11.6 Å². The van der Waals surface area contributed by atoms with E-state index in [4.69, 9.17) is 4.74 Å². The molecule has 0 fully saturated rings. The number of ether oxygens (including phenoxy) is 1. The second-order valence-electron chi connectivity index (χ2n) is 5.16. The van der Waals surface area contributed by atoms with Gasteiger partial charge in [-0.1, -0.05) is 42.5 Å². The average molecular weight is 371 g/mol. The maximum Gasteiger partial charge on any atom is 0.407 e. The molecule has 0 spiro atoms. The minimum Gasteiger partial charge on any atom is -0.445 e. The molecule has 2 rings (SSSR count). The zero-order valence-electron chi connectivity index (χ0n) is 13.4. The van der Waals surface area contributed by atoms with Crippen LogP contribution in [0, 0.1) is 29.1 Å². The minimum atomic E-state index is -2.21. The number of alkyl carbamates (subject to hydrolysis) is 1. The molecule has 2 aromatic rings. The zero-order valence-corrected chi connectivity index (χ0v) is 13.4. The Hall–Kier alpha value is -2.90. The van der Waals surface area contributed by atoms with Gasteiger partial charge in [-0.2, -0.15) is 0 Å². The maximum atomic E-state index is 13.4. The van der Waals surface area contributed by atoms with Crippen LogP contribution < -0.4 is 5.32 Å². The van der Waals surface area contributed by atoms with Gasteiger partial charge in [0.1, 0.15) is 6.61 Å². The first kappa shape index (κ1) is 19.4. The quantitative estimate of drug-likeness (QED) is 0.346. The van der Waals surface area contributed by atoms with Crippen LogP contribution in [0.5, 0.6) is 0 Å². The van der Waals surface area contributed by atoms with Crippen LogP contribution in [0.4, 0.5) is 26.7 Å². The molecule has 2 aromatic carbocycles. The Bertz CT molecular complexity index is 780. The van der Waals surface area contributed by atoms with E-state index in [-0.39, 0.29) is 19.6 Å². The third-order valence-electron chi connectivity index (χ3n) is 3.32. The molecule has 0 aliphatic carbocycles. The molecule has 0 saturated heterocycles. The summed E-state index contributed by atoms with van der Waals surface area (Å²) in [6.07, 6.45) is 1.35. The molecule has 3 nitrogen and oxygen atoms in total. The van der Waals surface area contributed by atoms with Gasteiger partial charge < -0.3 is 10.1 Å². The summed E-state index contributed by atoms with van der Waals surface area (Å²) in [4.78, 5) is 11.5. The Morgan fingerprint density at radius 2 is 1.50 bits per heavy atom. The molecule has 0 bridgehead atoms. The van der Waals surface area contributed by atoms with E-state index in [0.29, 0.717) is 0 Å². The highest BCUT2D eigenvalue weighted by molar-refractivity contribution is 5.67. The molecule has 0 unspecified atom stereocenters. The number of benzene rings is 2. The molecular formula is C18H14F5NO2. The number of hydrogen-bond donors (Lipinski definition) is 1. The van der Waals surface area contributed by atoms with E-state index in [1.54, 1.807) is 24.3 Å². The van der Waals surface area contributed by atoms with Gasteiger partial charge >= 0.3 is 6.09 Å². The Balaban J connectivity index is 1.82. The normalized spacial score (nSPS) is 11.0. The second kappa shape index (κ2) is 8.98. The zero-order chi connectivity index (χ0) is 19.1. The largest absolute Gasteiger partial charge is 0.445 e. The van der Waals surface area contributed by atoms with Crippen molar-refractivity contribution in [1.82, 2.24) is 5.32 Å². The molecule has 0 atom stereocenters. The van der Waals surface area contributed by atoms with E-state index in [1.165, 1.54) is 6.08 Å². The highest BCUT2D eigenvalue weighted by atomic mass is 19.2. The number of carbonyl (C=O) groups is 1. The van der Waals surface area contributed by atoms with Crippen molar-refractivity contribution in [3.05, 3.63) is 76.6 Å². The lowest BCUT2D eigenvalue weighted by atomic mass is 10.1. The van der Waals surface area contributed by atoms with E-state index in [1.807, 2.05) is 6.07 Å². The standard InChI is InChI=1S/C18H14F5NO2/c19-13-12(14(20)16(22)17(23)15(13)21)8-4-5-9-24-18(25)26-10-11-6-2-1-3-7-11/h1-4,6-8H,5,9-10H2,(H,24,25). The molecule has 0 aliphatic rings. The lowest BCUT2D eigenvalue weighted by Crippen LogP contribution is -2.24. The van der Waals surface area contributed by atoms with Gasteiger partial charge in [0.2, 0.25) is 5.82 Å². The topological polar surface area (TPSA) is 38.3 Å². The Labute approximate surface area is 146 Å². The molecule has 0 radical (unpaired) electrons. The number of halogens is 5. The summed E-state index contributed by atoms with van der Waals surface area (Å²) in [6.45, 7) is 0.132. The molecule has 8 heteroatoms. The number of amides is 1. The van der Waals surface area contributed by atoms with Gasteiger partial charge in [0, 0.05) is 6.54 Å². The van der Waals surface area contributed by atoms with Crippen molar-refractivity contribution in [2.45, 2.75) is 13.0 Å². The average Bonchev–Trinajstić information content (AvgIpc) is 2.66. The van der Waals surface area contributed by atoms with Crippen molar-refractivity contribution in [2.24, 2.45) is 0 Å². The summed E-state index contributed by atoms with van der Waals surface area (Å²) >= 11 is 0. The summed E-state index contributed by atoms with van der Waals surface area (Å²) < 4.78 is 70.8. The third-order valence-corrected chi connectivity index (χ3v) is 3.32. The SMILES string of the molecule is O=C(NCCC=Cc1c(F)c(F)c(F)c(F)c1F)OCc1ccccc1. The van der Waals surface area contributed by atoms with Gasteiger partial charge in [-0.25, -0.2) is 26.7 Å². The summed E-state index contributed by atoms with van der Waals surface area (Å²) in [7, 11) is 0. The molecular weight excluding hydrogens is 357 g/mol. The van der Waals surface area contributed by atoms with Crippen LogP contribution in [0.15, 0.2) is 36.4 Å². The highest BCUT2D eigenvalue weighted by Crippen LogP contribution is 2.24. The third kappa shape index (κ3) is 4.81. The molecule has 26 heavy (non-hydrogen) atoms. The molecule has 1 N–H and O–H groups in total. The second-order valence-corrected chi connectivity index (χ2v) is 5.16. The fraction of sp³-hybridized carbons (Fsp3) is 0.167. The fourth-order valence-electron chi connectivity index (χ4n) is 2.00. The van der Waals surface area contributed by atoms with E-state index in [9.17, 15) is 26.7 Å². The lowest BCUT2D eigenvalue weighted by Gasteiger charge is -2.06. The van der Waals surface area contributed by atoms with E-state index < -0.39 is 40.7 Å². The van der Waals surface area contributed by atoms with Crippen LogP contribution in [-0.4, -0.2) is 12.6 Å². The molecule has 0 saturated carbocycles. The van der Waals surface area contributed by atoms with Gasteiger partial charge in [-0.3, -0.25) is 0 Å². The Morgan fingerprint density at radius 1 is 0.923 bits per heavy atom. The summed E-state index contributed by atoms with van der Waals surface area (Å²) in [5.74, 6) is -10.0. The summed E-state index contributed by atoms with van der Waals surface area (Å²) in [6, 6.07) is 8.96. The number of rotatable bonds is 6. The molecule has 1 amide bonds. The van der Waals surface area contributed by atoms with Crippen molar-refractivity contribution in [2.75, 3.05) is 6.54 Å².